The summed E-state index contributed by atoms with van der Waals surface area (Å²) in [5, 5.41) is 0. The smallest absolute Gasteiger partial charge is 0.185 e. The summed E-state index contributed by atoms with van der Waals surface area (Å²) in [5.41, 5.74) is 3.64. The Labute approximate surface area is 174 Å². The minimum Gasteiger partial charge on any atom is -0.496 e. The number of benzene rings is 2. The fourth-order valence-electron chi connectivity index (χ4n) is 3.80. The molecule has 2 aromatic rings. The second-order valence-electron chi connectivity index (χ2n) is 8.62. The molecule has 1 fully saturated rings. The molecule has 0 N–H and O–H groups in total. The first-order chi connectivity index (χ1) is 13.8. The Morgan fingerprint density at radius 1 is 0.793 bits per heavy atom. The van der Waals surface area contributed by atoms with Gasteiger partial charge in [0.05, 0.1) is 14.2 Å². The van der Waals surface area contributed by atoms with Crippen LogP contribution in [0, 0.1) is 11.3 Å². The summed E-state index contributed by atoms with van der Waals surface area (Å²) in [7, 11) is 3.32. The quantitative estimate of drug-likeness (QED) is 0.583. The second-order valence-corrected chi connectivity index (χ2v) is 8.62. The number of hydrogen-bond acceptors (Lipinski definition) is 3. The van der Waals surface area contributed by atoms with Gasteiger partial charge >= 0.3 is 0 Å². The van der Waals surface area contributed by atoms with Crippen molar-refractivity contribution in [1.82, 2.24) is 0 Å². The van der Waals surface area contributed by atoms with Crippen LogP contribution in [0.5, 0.6) is 11.5 Å². The Hall–Kier alpha value is -2.81. The number of carbonyl (C=O) groups is 1. The number of rotatable bonds is 4. The molecule has 3 heteroatoms. The molecule has 0 saturated heterocycles. The molecule has 152 valence electrons. The van der Waals surface area contributed by atoms with Crippen LogP contribution in [0.25, 0.3) is 12.2 Å². The normalized spacial score (nSPS) is 20.2. The Morgan fingerprint density at radius 2 is 1.21 bits per heavy atom. The fourth-order valence-corrected chi connectivity index (χ4v) is 3.80. The van der Waals surface area contributed by atoms with Crippen molar-refractivity contribution < 1.29 is 14.3 Å². The predicted octanol–water partition coefficient (Wildman–Crippen LogP) is 6.20. The van der Waals surface area contributed by atoms with Crippen molar-refractivity contribution in [2.24, 2.45) is 11.3 Å². The van der Waals surface area contributed by atoms with Crippen LogP contribution in [0.2, 0.25) is 0 Å². The first kappa shape index (κ1) is 20.9. The Balaban J connectivity index is 2.07. The highest BCUT2D eigenvalue weighted by molar-refractivity contribution is 6.14. The SMILES string of the molecule is COc1ccccc1C=C1CC(C(C)(C)C)CC(=Cc2ccccc2OC)C1=O. The maximum Gasteiger partial charge on any atom is 0.185 e. The van der Waals surface area contributed by atoms with Gasteiger partial charge < -0.3 is 9.47 Å². The van der Waals surface area contributed by atoms with Crippen molar-refractivity contribution in [1.29, 1.82) is 0 Å². The van der Waals surface area contributed by atoms with Crippen LogP contribution in [-0.4, -0.2) is 20.0 Å². The van der Waals surface area contributed by atoms with Gasteiger partial charge in [-0.2, -0.15) is 0 Å². The van der Waals surface area contributed by atoms with E-state index < -0.39 is 0 Å². The number of allylic oxidation sites excluding steroid dienone is 2. The monoisotopic (exact) mass is 390 g/mol. The summed E-state index contributed by atoms with van der Waals surface area (Å²) in [4.78, 5) is 13.4. The van der Waals surface area contributed by atoms with Gasteiger partial charge in [0.25, 0.3) is 0 Å². The number of ketones is 1. The average molecular weight is 391 g/mol. The highest BCUT2D eigenvalue weighted by atomic mass is 16.5. The van der Waals surface area contributed by atoms with Gasteiger partial charge in [-0.05, 0) is 48.5 Å². The van der Waals surface area contributed by atoms with E-state index in [1.165, 1.54) is 0 Å². The lowest BCUT2D eigenvalue weighted by Gasteiger charge is -2.35. The van der Waals surface area contributed by atoms with Crippen LogP contribution < -0.4 is 9.47 Å². The van der Waals surface area contributed by atoms with Gasteiger partial charge in [0.2, 0.25) is 0 Å². The van der Waals surface area contributed by atoms with E-state index in [1.807, 2.05) is 60.7 Å². The minimum atomic E-state index is 0.0976. The molecule has 2 aromatic carbocycles. The predicted molar refractivity (Wildman–Crippen MR) is 119 cm³/mol. The topological polar surface area (TPSA) is 35.5 Å². The second kappa shape index (κ2) is 8.69. The summed E-state index contributed by atoms with van der Waals surface area (Å²) in [6, 6.07) is 15.6. The molecule has 0 atom stereocenters. The molecule has 3 rings (SSSR count). The first-order valence-electron chi connectivity index (χ1n) is 10.1. The summed E-state index contributed by atoms with van der Waals surface area (Å²) >= 11 is 0. The van der Waals surface area contributed by atoms with Gasteiger partial charge in [-0.1, -0.05) is 57.2 Å². The lowest BCUT2D eigenvalue weighted by atomic mass is 9.68. The molecule has 0 spiro atoms. The number of ether oxygens (including phenoxy) is 2. The van der Waals surface area contributed by atoms with E-state index in [2.05, 4.69) is 20.8 Å². The largest absolute Gasteiger partial charge is 0.496 e. The zero-order valence-corrected chi connectivity index (χ0v) is 18.0. The van der Waals surface area contributed by atoms with Crippen molar-refractivity contribution >= 4 is 17.9 Å². The maximum atomic E-state index is 13.4. The van der Waals surface area contributed by atoms with Crippen LogP contribution in [0.1, 0.15) is 44.7 Å². The molecule has 1 saturated carbocycles. The van der Waals surface area contributed by atoms with E-state index in [4.69, 9.17) is 9.47 Å². The van der Waals surface area contributed by atoms with Crippen molar-refractivity contribution in [3.05, 3.63) is 70.8 Å². The Kier molecular flexibility index (Phi) is 6.26. The van der Waals surface area contributed by atoms with E-state index in [1.54, 1.807) is 14.2 Å². The molecule has 3 nitrogen and oxygen atoms in total. The number of carbonyl (C=O) groups excluding carboxylic acids is 1. The molecule has 1 aliphatic rings. The summed E-state index contributed by atoms with van der Waals surface area (Å²) in [5.74, 6) is 2.05. The van der Waals surface area contributed by atoms with Crippen LogP contribution in [0.4, 0.5) is 0 Å². The standard InChI is InChI=1S/C26H30O3/c1-26(2,3)22-16-20(14-18-10-6-8-12-23(18)28-4)25(27)21(17-22)15-19-11-7-9-13-24(19)29-5/h6-15,22H,16-17H2,1-5H3. The van der Waals surface area contributed by atoms with E-state index in [0.717, 1.165) is 46.6 Å². The van der Waals surface area contributed by atoms with Gasteiger partial charge in [0, 0.05) is 22.3 Å². The summed E-state index contributed by atoms with van der Waals surface area (Å²) in [6.45, 7) is 6.73. The van der Waals surface area contributed by atoms with E-state index in [-0.39, 0.29) is 11.2 Å². The highest BCUT2D eigenvalue weighted by Crippen LogP contribution is 2.42. The first-order valence-corrected chi connectivity index (χ1v) is 10.1. The molecule has 0 radical (unpaired) electrons. The van der Waals surface area contributed by atoms with Crippen LogP contribution in [0.15, 0.2) is 59.7 Å². The Bertz CT molecular complexity index is 875. The number of hydrogen-bond donors (Lipinski definition) is 0. The van der Waals surface area contributed by atoms with Crippen LogP contribution in [0.3, 0.4) is 0 Å². The van der Waals surface area contributed by atoms with E-state index in [0.29, 0.717) is 5.92 Å². The molecular weight excluding hydrogens is 360 g/mol. The average Bonchev–Trinajstić information content (AvgIpc) is 2.70. The summed E-state index contributed by atoms with van der Waals surface area (Å²) in [6.07, 6.45) is 5.53. The lowest BCUT2D eigenvalue weighted by molar-refractivity contribution is -0.113. The van der Waals surface area contributed by atoms with Crippen molar-refractivity contribution in [2.75, 3.05) is 14.2 Å². The molecule has 0 aromatic heterocycles. The molecule has 0 bridgehead atoms. The van der Waals surface area contributed by atoms with E-state index >= 15 is 0 Å². The molecule has 0 aliphatic heterocycles. The fraction of sp³-hybridized carbons (Fsp3) is 0.346. The molecule has 1 aliphatic carbocycles. The van der Waals surface area contributed by atoms with Crippen LogP contribution >= 0.6 is 0 Å². The third kappa shape index (κ3) is 4.79. The van der Waals surface area contributed by atoms with Crippen molar-refractivity contribution in [3.8, 4) is 11.5 Å². The van der Waals surface area contributed by atoms with Gasteiger partial charge in [0.1, 0.15) is 11.5 Å². The van der Waals surface area contributed by atoms with E-state index in [9.17, 15) is 4.79 Å². The molecule has 0 heterocycles. The van der Waals surface area contributed by atoms with Crippen molar-refractivity contribution in [3.63, 3.8) is 0 Å². The molecule has 29 heavy (non-hydrogen) atoms. The maximum absolute atomic E-state index is 13.4. The van der Waals surface area contributed by atoms with Gasteiger partial charge in [-0.3, -0.25) is 4.79 Å². The number of methoxy groups -OCH3 is 2. The van der Waals surface area contributed by atoms with Crippen LogP contribution in [-0.2, 0) is 4.79 Å². The molecule has 0 unspecified atom stereocenters. The van der Waals surface area contributed by atoms with Crippen molar-refractivity contribution in [2.45, 2.75) is 33.6 Å². The van der Waals surface area contributed by atoms with Gasteiger partial charge in [-0.25, -0.2) is 0 Å². The zero-order chi connectivity index (χ0) is 21.0. The highest BCUT2D eigenvalue weighted by Gasteiger charge is 2.34. The minimum absolute atomic E-state index is 0.0976. The molecular formula is C26H30O3. The number of Topliss-reactive ketones (excluding diaryl/α,β-unsaturated/α-hetero) is 1. The molecule has 0 amide bonds. The van der Waals surface area contributed by atoms with Gasteiger partial charge in [-0.15, -0.1) is 0 Å². The Morgan fingerprint density at radius 3 is 1.59 bits per heavy atom. The summed E-state index contributed by atoms with van der Waals surface area (Å²) < 4.78 is 11.0. The zero-order valence-electron chi connectivity index (χ0n) is 18.0. The third-order valence-corrected chi connectivity index (χ3v) is 5.68. The van der Waals surface area contributed by atoms with Gasteiger partial charge in [0.15, 0.2) is 5.78 Å². The lowest BCUT2D eigenvalue weighted by Crippen LogP contribution is -2.29. The number of para-hydroxylation sites is 2. The third-order valence-electron chi connectivity index (χ3n) is 5.68.